The molecule has 0 bridgehead atoms. The lowest BCUT2D eigenvalue weighted by atomic mass is 9.92. The summed E-state index contributed by atoms with van der Waals surface area (Å²) in [6, 6.07) is 5.03. The van der Waals surface area contributed by atoms with E-state index < -0.39 is 209 Å². The number of ether oxygens (including phenoxy) is 5. The van der Waals surface area contributed by atoms with Gasteiger partial charge in [-0.25, -0.2) is 0 Å². The van der Waals surface area contributed by atoms with Crippen LogP contribution >= 0.6 is 0 Å². The van der Waals surface area contributed by atoms with Crippen molar-refractivity contribution in [2.45, 2.75) is 161 Å². The molecule has 0 radical (unpaired) electrons. The highest BCUT2D eigenvalue weighted by molar-refractivity contribution is 5.95. The van der Waals surface area contributed by atoms with Crippen molar-refractivity contribution in [1.82, 2.24) is 31.5 Å². The van der Waals surface area contributed by atoms with Crippen LogP contribution in [0.2, 0.25) is 0 Å². The van der Waals surface area contributed by atoms with Crippen LogP contribution in [0.15, 0.2) is 59.6 Å². The molecule has 4 heterocycles. The number of hydrogen-bond acceptors (Lipinski definition) is 28. The van der Waals surface area contributed by atoms with Crippen LogP contribution in [-0.4, -0.2) is 287 Å². The average molecular weight is 1200 g/mol. The number of aldehydes is 1. The van der Waals surface area contributed by atoms with Gasteiger partial charge in [-0.3, -0.25) is 29.0 Å². The fraction of sp³-hybridized carbons (Fsp3) is 0.627. The van der Waals surface area contributed by atoms with Gasteiger partial charge in [-0.1, -0.05) is 49.4 Å². The molecule has 0 spiro atoms. The van der Waals surface area contributed by atoms with Crippen LogP contribution in [0.25, 0.3) is 0 Å². The highest BCUT2D eigenvalue weighted by atomic mass is 16.7. The molecule has 2 aromatic rings. The number of nitrogens with zero attached hydrogens (tertiary/aromatic N) is 2. The number of amides is 5. The van der Waals surface area contributed by atoms with Crippen LogP contribution in [0.3, 0.4) is 0 Å². The largest absolute Gasteiger partial charge is 0.462 e. The number of benzene rings is 2. The summed E-state index contributed by atoms with van der Waals surface area (Å²) in [5.74, 6) is -6.33. The molecular formula is C51H75N9O24. The zero-order valence-corrected chi connectivity index (χ0v) is 45.4. The minimum absolute atomic E-state index is 0.0598. The molecule has 0 aliphatic carbocycles. The van der Waals surface area contributed by atoms with Gasteiger partial charge in [0.15, 0.2) is 18.5 Å². The molecule has 33 heteroatoms. The van der Waals surface area contributed by atoms with E-state index in [0.29, 0.717) is 17.4 Å². The molecule has 3 saturated heterocycles. The van der Waals surface area contributed by atoms with Crippen LogP contribution in [0.5, 0.6) is 5.75 Å². The number of nitrogens with one attached hydrogen (secondary N) is 5. The fourth-order valence-corrected chi connectivity index (χ4v) is 9.73. The lowest BCUT2D eigenvalue weighted by molar-refractivity contribution is -0.352. The second-order valence-corrected chi connectivity index (χ2v) is 20.6. The fourth-order valence-electron chi connectivity index (χ4n) is 9.73. The smallest absolute Gasteiger partial charge is 0.246 e. The number of aliphatic hydroxyl groups is 13. The topological polar surface area (TPSA) is 539 Å². The van der Waals surface area contributed by atoms with E-state index in [1.54, 1.807) is 37.3 Å². The van der Waals surface area contributed by atoms with Crippen LogP contribution in [0, 0.1) is 0 Å². The molecule has 4 aliphatic rings. The maximum absolute atomic E-state index is 14.1. The summed E-state index contributed by atoms with van der Waals surface area (Å²) in [5, 5.41) is 147. The molecule has 5 amide bonds. The molecule has 468 valence electrons. The molecule has 0 aromatic heterocycles. The highest BCUT2D eigenvalue weighted by Crippen LogP contribution is 2.32. The van der Waals surface area contributed by atoms with Gasteiger partial charge in [-0.15, -0.1) is 0 Å². The summed E-state index contributed by atoms with van der Waals surface area (Å²) in [5.41, 5.74) is 12.8. The van der Waals surface area contributed by atoms with Gasteiger partial charge >= 0.3 is 0 Å². The van der Waals surface area contributed by atoms with E-state index in [4.69, 9.17) is 35.2 Å². The third-order valence-electron chi connectivity index (χ3n) is 14.7. The van der Waals surface area contributed by atoms with E-state index in [2.05, 4.69) is 31.6 Å². The zero-order valence-electron chi connectivity index (χ0n) is 45.4. The minimum atomic E-state index is -2.04. The summed E-state index contributed by atoms with van der Waals surface area (Å²) in [4.78, 5) is 85.4. The second-order valence-electron chi connectivity index (χ2n) is 20.6. The molecule has 23 atom stereocenters. The third-order valence-corrected chi connectivity index (χ3v) is 14.7. The number of aliphatic hydroxyl groups excluding tert-OH is 13. The monoisotopic (exact) mass is 1200 g/mol. The van der Waals surface area contributed by atoms with Gasteiger partial charge in [0.05, 0.1) is 57.6 Å². The predicted molar refractivity (Wildman–Crippen MR) is 281 cm³/mol. The summed E-state index contributed by atoms with van der Waals surface area (Å²) in [6.07, 6.45) is -27.2. The van der Waals surface area contributed by atoms with E-state index in [1.807, 2.05) is 0 Å². The van der Waals surface area contributed by atoms with Crippen LogP contribution < -0.4 is 42.8 Å². The Hall–Kier alpha value is -6.19. The van der Waals surface area contributed by atoms with Crippen LogP contribution in [0.4, 0.5) is 0 Å². The first-order valence-corrected chi connectivity index (χ1v) is 26.7. The van der Waals surface area contributed by atoms with Crippen molar-refractivity contribution in [3.63, 3.8) is 0 Å². The number of carbonyl (C=O) groups excluding carboxylic acids is 6. The summed E-state index contributed by atoms with van der Waals surface area (Å²) >= 11 is 0. The van der Waals surface area contributed by atoms with Gasteiger partial charge in [0.2, 0.25) is 35.8 Å². The first-order chi connectivity index (χ1) is 39.9. The Morgan fingerprint density at radius 3 is 1.87 bits per heavy atom. The SMILES string of the molecule is CC(N)C(=O)NC(C(=O)NC(CO)C(=O)NCC(=O)NC(C(=O)NC(C=O)Cc1ccc(OC2OC(CO)C(OC3OC(CO)C(O)C(O)C3O)C(O)C2O)cc1)C(C)c1ccccc1)C(O)C1CN=C(N)N1C1OC(CO)C(O)C(O)C1O. The summed E-state index contributed by atoms with van der Waals surface area (Å²) < 4.78 is 27.9. The Labute approximate surface area is 479 Å². The molecule has 3 fully saturated rings. The first-order valence-electron chi connectivity index (χ1n) is 26.7. The van der Waals surface area contributed by atoms with Gasteiger partial charge in [0.1, 0.15) is 110 Å². The molecule has 2 aromatic carbocycles. The lowest BCUT2D eigenvalue weighted by Gasteiger charge is -2.46. The van der Waals surface area contributed by atoms with Crippen molar-refractivity contribution in [1.29, 1.82) is 0 Å². The van der Waals surface area contributed by atoms with E-state index in [0.717, 1.165) is 4.90 Å². The van der Waals surface area contributed by atoms with Crippen LogP contribution in [0.1, 0.15) is 30.9 Å². The summed E-state index contributed by atoms with van der Waals surface area (Å²) in [7, 11) is 0. The zero-order chi connectivity index (χ0) is 61.9. The maximum Gasteiger partial charge on any atom is 0.246 e. The van der Waals surface area contributed by atoms with Crippen molar-refractivity contribution in [2.75, 3.05) is 39.5 Å². The lowest BCUT2D eigenvalue weighted by Crippen LogP contribution is -2.69. The number of aliphatic imine (C=N–C) groups is 1. The van der Waals surface area contributed by atoms with E-state index in [9.17, 15) is 95.2 Å². The first kappa shape index (κ1) is 66.9. The van der Waals surface area contributed by atoms with Crippen molar-refractivity contribution < 1.29 is 119 Å². The van der Waals surface area contributed by atoms with Crippen LogP contribution in [-0.2, 0) is 54.1 Å². The van der Waals surface area contributed by atoms with Gasteiger partial charge in [-0.2, -0.15) is 0 Å². The Morgan fingerprint density at radius 1 is 0.690 bits per heavy atom. The highest BCUT2D eigenvalue weighted by Gasteiger charge is 2.53. The third kappa shape index (κ3) is 15.8. The van der Waals surface area contributed by atoms with Gasteiger partial charge in [0.25, 0.3) is 0 Å². The van der Waals surface area contributed by atoms with Crippen molar-refractivity contribution in [3.05, 3.63) is 65.7 Å². The minimum Gasteiger partial charge on any atom is -0.462 e. The number of hydrogen-bond donors (Lipinski definition) is 20. The van der Waals surface area contributed by atoms with Crippen molar-refractivity contribution >= 4 is 41.8 Å². The average Bonchev–Trinajstić information content (AvgIpc) is 4.02. The van der Waals surface area contributed by atoms with Gasteiger partial charge in [0, 0.05) is 5.92 Å². The Bertz CT molecular complexity index is 2540. The standard InChI is InChI=1S/C51H75N9O24/c1-20(23-6-4-3-5-7-23)32(46(78)56-24(15-61)12-22-8-10-25(11-9-22)80-49-42(75)39(72)43(30(19-65)83-49)84-50-41(74)38(71)36(69)29(18-64)82-50)58-31(66)14-54-45(77)26(16-62)57-47(79)33(59-44(76)21(2)52)34(67)27-13-55-51(53)60(27)48-40(73)37(70)35(68)28(17-63)81-48/h3-11,15,20-21,24,26-30,32-43,48-50,62-65,67-75H,12-14,16-19,52H2,1-2H3,(H2,53,55)(H,54,77)(H,56,78)(H,57,79)(H,58,66)(H,59,76). The van der Waals surface area contributed by atoms with Crippen molar-refractivity contribution in [2.24, 2.45) is 16.5 Å². The van der Waals surface area contributed by atoms with Gasteiger partial charge in [-0.05, 0) is 36.6 Å². The number of rotatable bonds is 26. The predicted octanol–water partition coefficient (Wildman–Crippen LogP) is -11.2. The molecule has 6 rings (SSSR count). The van der Waals surface area contributed by atoms with Gasteiger partial charge < -0.3 is 138 Å². The molecular weight excluding hydrogens is 1120 g/mol. The Balaban J connectivity index is 1.07. The Kier molecular flexibility index (Phi) is 24.1. The summed E-state index contributed by atoms with van der Waals surface area (Å²) in [6.45, 7) is -1.93. The molecule has 33 nitrogen and oxygen atoms in total. The second kappa shape index (κ2) is 30.2. The molecule has 0 saturated carbocycles. The van der Waals surface area contributed by atoms with E-state index in [-0.39, 0.29) is 18.1 Å². The molecule has 22 N–H and O–H groups in total. The number of carbonyl (C=O) groups is 6. The van der Waals surface area contributed by atoms with E-state index in [1.165, 1.54) is 31.2 Å². The quantitative estimate of drug-likeness (QED) is 0.0389. The molecule has 4 aliphatic heterocycles. The van der Waals surface area contributed by atoms with Crippen molar-refractivity contribution in [3.8, 4) is 5.75 Å². The number of guanidine groups is 1. The molecule has 23 unspecified atom stereocenters. The normalized spacial score (nSPS) is 32.2. The Morgan fingerprint density at radius 2 is 1.27 bits per heavy atom. The maximum atomic E-state index is 14.1. The number of nitrogens with two attached hydrogens (primary N) is 2. The molecule has 84 heavy (non-hydrogen) atoms. The van der Waals surface area contributed by atoms with E-state index >= 15 is 0 Å².